The SMILES string of the molecule is CCOC(COc1ccc(/C(=C(/CCCl)c2ccccc2)c2ccc(OCc3ccc(OC)cc3)cc2)cc1)OCC. The Morgan fingerprint density at radius 3 is 1.71 bits per heavy atom. The highest BCUT2D eigenvalue weighted by Crippen LogP contribution is 2.36. The minimum Gasteiger partial charge on any atom is -0.497 e. The molecule has 4 aromatic carbocycles. The molecule has 4 aromatic rings. The number of hydrogen-bond donors (Lipinski definition) is 0. The minimum absolute atomic E-state index is 0.323. The third-order valence-electron chi connectivity index (χ3n) is 6.71. The van der Waals surface area contributed by atoms with E-state index in [1.807, 2.05) is 68.4 Å². The highest BCUT2D eigenvalue weighted by atomic mass is 35.5. The molecule has 0 saturated heterocycles. The van der Waals surface area contributed by atoms with Gasteiger partial charge in [0.15, 0.2) is 6.29 Å². The largest absolute Gasteiger partial charge is 0.497 e. The van der Waals surface area contributed by atoms with Crippen LogP contribution in [0, 0.1) is 0 Å². The molecule has 6 heteroatoms. The van der Waals surface area contributed by atoms with Gasteiger partial charge in [-0.25, -0.2) is 0 Å². The average Bonchev–Trinajstić information content (AvgIpc) is 3.04. The number of hydrogen-bond acceptors (Lipinski definition) is 5. The van der Waals surface area contributed by atoms with Crippen molar-refractivity contribution in [3.8, 4) is 17.2 Å². The summed E-state index contributed by atoms with van der Waals surface area (Å²) >= 11 is 6.35. The molecule has 0 amide bonds. The summed E-state index contributed by atoms with van der Waals surface area (Å²) in [7, 11) is 1.66. The number of methoxy groups -OCH3 is 1. The lowest BCUT2D eigenvalue weighted by molar-refractivity contribution is -0.152. The molecule has 0 aliphatic heterocycles. The predicted molar refractivity (Wildman–Crippen MR) is 170 cm³/mol. The molecule has 0 N–H and O–H groups in total. The van der Waals surface area contributed by atoms with Gasteiger partial charge in [0, 0.05) is 19.1 Å². The number of rotatable bonds is 16. The maximum absolute atomic E-state index is 6.35. The fraction of sp³-hybridized carbons (Fsp3) is 0.278. The monoisotopic (exact) mass is 586 g/mol. The van der Waals surface area contributed by atoms with Crippen LogP contribution in [-0.4, -0.2) is 39.1 Å². The van der Waals surface area contributed by atoms with E-state index in [2.05, 4.69) is 48.5 Å². The molecule has 0 unspecified atom stereocenters. The van der Waals surface area contributed by atoms with Gasteiger partial charge in [-0.1, -0.05) is 66.7 Å². The molecular formula is C36H39ClO5. The topological polar surface area (TPSA) is 46.2 Å². The van der Waals surface area contributed by atoms with Gasteiger partial charge in [-0.2, -0.15) is 0 Å². The number of allylic oxidation sites excluding steroid dienone is 1. The number of alkyl halides is 1. The standard InChI is InChI=1S/C36H39ClO5/c1-4-39-35(40-5-2)26-42-33-21-15-30(16-22-33)36(34(23-24-37)28-9-7-6-8-10-28)29-13-19-32(20-14-29)41-25-27-11-17-31(38-3)18-12-27/h6-22,35H,4-5,23-26H2,1-3H3/b36-34-. The summed E-state index contributed by atoms with van der Waals surface area (Å²) < 4.78 is 28.5. The number of halogens is 1. The lowest BCUT2D eigenvalue weighted by atomic mass is 9.88. The Labute approximate surface area is 254 Å². The summed E-state index contributed by atoms with van der Waals surface area (Å²) in [6, 6.07) is 34.7. The Kier molecular flexibility index (Phi) is 12.3. The molecule has 0 aliphatic carbocycles. The van der Waals surface area contributed by atoms with Crippen molar-refractivity contribution in [1.82, 2.24) is 0 Å². The van der Waals surface area contributed by atoms with Gasteiger partial charge in [-0.15, -0.1) is 11.6 Å². The molecule has 0 saturated carbocycles. The van der Waals surface area contributed by atoms with Gasteiger partial charge in [0.25, 0.3) is 0 Å². The van der Waals surface area contributed by atoms with Crippen molar-refractivity contribution in [3.63, 3.8) is 0 Å². The Morgan fingerprint density at radius 1 is 0.643 bits per heavy atom. The Bertz CT molecular complexity index is 1360. The van der Waals surface area contributed by atoms with E-state index in [1.165, 1.54) is 5.57 Å². The van der Waals surface area contributed by atoms with Gasteiger partial charge < -0.3 is 23.7 Å². The van der Waals surface area contributed by atoms with Crippen LogP contribution in [0.25, 0.3) is 11.1 Å². The van der Waals surface area contributed by atoms with Gasteiger partial charge >= 0.3 is 0 Å². The van der Waals surface area contributed by atoms with E-state index in [-0.39, 0.29) is 0 Å². The molecule has 0 aliphatic rings. The first-order valence-corrected chi connectivity index (χ1v) is 14.9. The zero-order valence-electron chi connectivity index (χ0n) is 24.6. The summed E-state index contributed by atoms with van der Waals surface area (Å²) in [6.07, 6.45) is 0.327. The van der Waals surface area contributed by atoms with Crippen LogP contribution >= 0.6 is 11.6 Å². The summed E-state index contributed by atoms with van der Waals surface area (Å²) in [6.45, 7) is 5.81. The first-order valence-electron chi connectivity index (χ1n) is 14.3. The van der Waals surface area contributed by atoms with Crippen molar-refractivity contribution in [2.45, 2.75) is 33.2 Å². The van der Waals surface area contributed by atoms with E-state index in [0.29, 0.717) is 32.3 Å². The number of ether oxygens (including phenoxy) is 5. The third kappa shape index (κ3) is 8.86. The zero-order valence-corrected chi connectivity index (χ0v) is 25.3. The minimum atomic E-state index is -0.394. The van der Waals surface area contributed by atoms with Crippen LogP contribution < -0.4 is 14.2 Å². The van der Waals surface area contributed by atoms with Gasteiger partial charge in [-0.3, -0.25) is 0 Å². The molecule has 0 radical (unpaired) electrons. The van der Waals surface area contributed by atoms with Crippen LogP contribution in [-0.2, 0) is 16.1 Å². The summed E-state index contributed by atoms with van der Waals surface area (Å²) in [5.41, 5.74) is 6.67. The lowest BCUT2D eigenvalue weighted by Gasteiger charge is -2.19. The molecule has 0 bridgehead atoms. The summed E-state index contributed by atoms with van der Waals surface area (Å²) in [4.78, 5) is 0. The fourth-order valence-corrected chi connectivity index (χ4v) is 4.86. The second kappa shape index (κ2) is 16.6. The number of benzene rings is 4. The van der Waals surface area contributed by atoms with Crippen molar-refractivity contribution in [2.75, 3.05) is 32.8 Å². The van der Waals surface area contributed by atoms with Crippen molar-refractivity contribution < 1.29 is 23.7 Å². The molecular weight excluding hydrogens is 548 g/mol. The first-order chi connectivity index (χ1) is 20.6. The smallest absolute Gasteiger partial charge is 0.191 e. The van der Waals surface area contributed by atoms with E-state index in [9.17, 15) is 0 Å². The summed E-state index contributed by atoms with van der Waals surface area (Å²) in [5, 5.41) is 0. The van der Waals surface area contributed by atoms with Gasteiger partial charge in [0.1, 0.15) is 30.5 Å². The van der Waals surface area contributed by atoms with Crippen LogP contribution in [0.4, 0.5) is 0 Å². The van der Waals surface area contributed by atoms with E-state index in [1.54, 1.807) is 7.11 Å². The van der Waals surface area contributed by atoms with Crippen molar-refractivity contribution in [1.29, 1.82) is 0 Å². The first kappa shape index (κ1) is 31.2. The van der Waals surface area contributed by atoms with Crippen molar-refractivity contribution in [3.05, 3.63) is 125 Å². The maximum atomic E-state index is 6.35. The second-order valence-corrected chi connectivity index (χ2v) is 9.87. The molecule has 0 aromatic heterocycles. The highest BCUT2D eigenvalue weighted by molar-refractivity contribution is 6.18. The normalized spacial score (nSPS) is 11.7. The molecule has 220 valence electrons. The molecule has 42 heavy (non-hydrogen) atoms. The quantitative estimate of drug-likeness (QED) is 0.0747. The molecule has 0 atom stereocenters. The van der Waals surface area contributed by atoms with Crippen LogP contribution in [0.5, 0.6) is 17.2 Å². The van der Waals surface area contributed by atoms with E-state index < -0.39 is 6.29 Å². The van der Waals surface area contributed by atoms with Gasteiger partial charge in [0.05, 0.1) is 7.11 Å². The van der Waals surface area contributed by atoms with Gasteiger partial charge in [-0.05, 0) is 90.1 Å². The lowest BCUT2D eigenvalue weighted by Crippen LogP contribution is -2.25. The van der Waals surface area contributed by atoms with E-state index in [0.717, 1.165) is 51.5 Å². The fourth-order valence-electron chi connectivity index (χ4n) is 4.67. The predicted octanol–water partition coefficient (Wildman–Crippen LogP) is 8.64. The van der Waals surface area contributed by atoms with Crippen LogP contribution in [0.2, 0.25) is 0 Å². The van der Waals surface area contributed by atoms with E-state index in [4.69, 9.17) is 35.3 Å². The molecule has 0 spiro atoms. The maximum Gasteiger partial charge on any atom is 0.191 e. The van der Waals surface area contributed by atoms with Crippen LogP contribution in [0.3, 0.4) is 0 Å². The Balaban J connectivity index is 1.60. The van der Waals surface area contributed by atoms with E-state index >= 15 is 0 Å². The summed E-state index contributed by atoms with van der Waals surface area (Å²) in [5.74, 6) is 2.89. The molecule has 4 rings (SSSR count). The zero-order chi connectivity index (χ0) is 29.6. The Hall–Kier alpha value is -3.77. The molecule has 0 heterocycles. The molecule has 5 nitrogen and oxygen atoms in total. The third-order valence-corrected chi connectivity index (χ3v) is 6.90. The average molecular weight is 587 g/mol. The van der Waals surface area contributed by atoms with Crippen molar-refractivity contribution in [2.24, 2.45) is 0 Å². The Morgan fingerprint density at radius 2 is 1.19 bits per heavy atom. The highest BCUT2D eigenvalue weighted by Gasteiger charge is 2.15. The van der Waals surface area contributed by atoms with Crippen molar-refractivity contribution >= 4 is 22.7 Å². The van der Waals surface area contributed by atoms with Crippen LogP contribution in [0.15, 0.2) is 103 Å². The molecule has 0 fully saturated rings. The van der Waals surface area contributed by atoms with Crippen LogP contribution in [0.1, 0.15) is 42.5 Å². The van der Waals surface area contributed by atoms with Gasteiger partial charge in [0.2, 0.25) is 0 Å². The second-order valence-electron chi connectivity index (χ2n) is 9.50.